The molecule has 1 N–H and O–H groups in total. The average Bonchev–Trinajstić information content (AvgIpc) is 2.69. The van der Waals surface area contributed by atoms with Crippen LogP contribution in [0.25, 0.3) is 0 Å². The topological polar surface area (TPSA) is 57.6 Å². The van der Waals surface area contributed by atoms with E-state index in [2.05, 4.69) is 26.0 Å². The fourth-order valence-electron chi connectivity index (χ4n) is 4.25. The van der Waals surface area contributed by atoms with Gasteiger partial charge in [-0.05, 0) is 60.8 Å². The Morgan fingerprint density at radius 2 is 1.71 bits per heavy atom. The predicted octanol–water partition coefficient (Wildman–Crippen LogP) is 4.67. The molecule has 0 aliphatic carbocycles. The van der Waals surface area contributed by atoms with Crippen LogP contribution in [0.3, 0.4) is 0 Å². The lowest BCUT2D eigenvalue weighted by atomic mass is 9.87. The molecule has 0 spiro atoms. The van der Waals surface area contributed by atoms with Gasteiger partial charge in [-0.3, -0.25) is 4.79 Å². The van der Waals surface area contributed by atoms with Gasteiger partial charge in [0.1, 0.15) is 0 Å². The zero-order valence-electron chi connectivity index (χ0n) is 16.7. The van der Waals surface area contributed by atoms with E-state index in [-0.39, 0.29) is 11.8 Å². The number of carboxylic acid groups (broad SMARTS) is 1. The highest BCUT2D eigenvalue weighted by Gasteiger charge is 2.25. The maximum Gasteiger partial charge on any atom is 0.335 e. The molecule has 3 rings (SSSR count). The van der Waals surface area contributed by atoms with E-state index in [9.17, 15) is 14.7 Å². The zero-order chi connectivity index (χ0) is 20.1. The van der Waals surface area contributed by atoms with Crippen LogP contribution in [-0.4, -0.2) is 35.0 Å². The molecule has 0 aromatic heterocycles. The Labute approximate surface area is 167 Å². The number of carboxylic acids is 1. The first-order valence-electron chi connectivity index (χ1n) is 10.1. The molecule has 4 nitrogen and oxygen atoms in total. The van der Waals surface area contributed by atoms with Crippen LogP contribution in [-0.2, 0) is 11.2 Å². The molecule has 0 radical (unpaired) electrons. The fraction of sp³-hybridized carbons (Fsp3) is 0.417. The van der Waals surface area contributed by atoms with Crippen molar-refractivity contribution in [3.05, 3.63) is 70.8 Å². The van der Waals surface area contributed by atoms with Crippen molar-refractivity contribution in [3.63, 3.8) is 0 Å². The van der Waals surface area contributed by atoms with E-state index in [1.54, 1.807) is 12.1 Å². The summed E-state index contributed by atoms with van der Waals surface area (Å²) < 4.78 is 0. The third-order valence-corrected chi connectivity index (χ3v) is 5.92. The highest BCUT2D eigenvalue weighted by Crippen LogP contribution is 2.27. The summed E-state index contributed by atoms with van der Waals surface area (Å²) in [4.78, 5) is 26.1. The van der Waals surface area contributed by atoms with Crippen molar-refractivity contribution in [2.75, 3.05) is 13.1 Å². The minimum absolute atomic E-state index is 0.217. The standard InChI is InChI=1S/C24H29NO3/c1-17-7-3-5-9-21(17)18(2)15-23(26)25-13-11-19(12-14-25)16-20-8-4-6-10-22(20)24(27)28/h3-10,18-19H,11-16H2,1-2H3,(H,27,28). The molecule has 1 fully saturated rings. The van der Waals surface area contributed by atoms with Gasteiger partial charge in [-0.1, -0.05) is 49.4 Å². The molecular weight excluding hydrogens is 350 g/mol. The molecular formula is C24H29NO3. The highest BCUT2D eigenvalue weighted by atomic mass is 16.4. The average molecular weight is 380 g/mol. The number of nitrogens with zero attached hydrogens (tertiary/aromatic N) is 1. The van der Waals surface area contributed by atoms with Crippen LogP contribution in [0.5, 0.6) is 0 Å². The summed E-state index contributed by atoms with van der Waals surface area (Å²) in [6, 6.07) is 15.5. The van der Waals surface area contributed by atoms with E-state index in [0.717, 1.165) is 37.9 Å². The van der Waals surface area contributed by atoms with Crippen molar-refractivity contribution in [3.8, 4) is 0 Å². The van der Waals surface area contributed by atoms with Gasteiger partial charge in [-0.25, -0.2) is 4.79 Å². The molecule has 1 atom stereocenters. The van der Waals surface area contributed by atoms with Gasteiger partial charge >= 0.3 is 5.97 Å². The van der Waals surface area contributed by atoms with Gasteiger partial charge in [0.25, 0.3) is 0 Å². The molecule has 0 saturated carbocycles. The minimum Gasteiger partial charge on any atom is -0.478 e. The van der Waals surface area contributed by atoms with Crippen molar-refractivity contribution >= 4 is 11.9 Å². The Bertz CT molecular complexity index is 837. The molecule has 1 aliphatic heterocycles. The zero-order valence-corrected chi connectivity index (χ0v) is 16.7. The summed E-state index contributed by atoms with van der Waals surface area (Å²) in [6.07, 6.45) is 3.17. The summed E-state index contributed by atoms with van der Waals surface area (Å²) in [5.41, 5.74) is 3.77. The SMILES string of the molecule is Cc1ccccc1C(C)CC(=O)N1CCC(Cc2ccccc2C(=O)O)CC1. The van der Waals surface area contributed by atoms with Crippen molar-refractivity contribution < 1.29 is 14.7 Å². The van der Waals surface area contributed by atoms with Crippen LogP contribution >= 0.6 is 0 Å². The first-order chi connectivity index (χ1) is 13.5. The first kappa shape index (κ1) is 20.1. The Morgan fingerprint density at radius 1 is 1.07 bits per heavy atom. The number of hydrogen-bond acceptors (Lipinski definition) is 2. The molecule has 1 heterocycles. The van der Waals surface area contributed by atoms with Gasteiger partial charge in [0.05, 0.1) is 5.56 Å². The first-order valence-corrected chi connectivity index (χ1v) is 10.1. The summed E-state index contributed by atoms with van der Waals surface area (Å²) in [5, 5.41) is 9.35. The second-order valence-electron chi connectivity index (χ2n) is 7.95. The molecule has 1 aliphatic rings. The van der Waals surface area contributed by atoms with Gasteiger partial charge < -0.3 is 10.0 Å². The van der Waals surface area contributed by atoms with E-state index >= 15 is 0 Å². The van der Waals surface area contributed by atoms with Crippen molar-refractivity contribution in [2.45, 2.75) is 45.4 Å². The Morgan fingerprint density at radius 3 is 2.39 bits per heavy atom. The summed E-state index contributed by atoms with van der Waals surface area (Å²) in [7, 11) is 0. The van der Waals surface area contributed by atoms with Crippen LogP contribution in [0, 0.1) is 12.8 Å². The van der Waals surface area contributed by atoms with Gasteiger partial charge in [0.15, 0.2) is 0 Å². The number of hydrogen-bond donors (Lipinski definition) is 1. The van der Waals surface area contributed by atoms with E-state index in [1.165, 1.54) is 11.1 Å². The van der Waals surface area contributed by atoms with Crippen molar-refractivity contribution in [1.82, 2.24) is 4.90 Å². The lowest BCUT2D eigenvalue weighted by Crippen LogP contribution is -2.39. The summed E-state index contributed by atoms with van der Waals surface area (Å²) in [6.45, 7) is 5.74. The third-order valence-electron chi connectivity index (χ3n) is 5.92. The largest absolute Gasteiger partial charge is 0.478 e. The molecule has 1 amide bonds. The normalized spacial score (nSPS) is 16.0. The lowest BCUT2D eigenvalue weighted by Gasteiger charge is -2.33. The predicted molar refractivity (Wildman–Crippen MR) is 111 cm³/mol. The third kappa shape index (κ3) is 4.80. The molecule has 2 aromatic carbocycles. The number of aromatic carboxylic acids is 1. The summed E-state index contributed by atoms with van der Waals surface area (Å²) >= 11 is 0. The number of likely N-dealkylation sites (tertiary alicyclic amines) is 1. The van der Waals surface area contributed by atoms with Gasteiger partial charge in [-0.15, -0.1) is 0 Å². The second kappa shape index (κ2) is 9.05. The Balaban J connectivity index is 1.53. The van der Waals surface area contributed by atoms with Crippen LogP contribution in [0.2, 0.25) is 0 Å². The van der Waals surface area contributed by atoms with E-state index in [0.29, 0.717) is 17.9 Å². The van der Waals surface area contributed by atoms with Crippen LogP contribution < -0.4 is 0 Å². The van der Waals surface area contributed by atoms with E-state index in [1.807, 2.05) is 29.2 Å². The van der Waals surface area contributed by atoms with Gasteiger partial charge in [0.2, 0.25) is 5.91 Å². The molecule has 0 bridgehead atoms. The minimum atomic E-state index is -0.867. The van der Waals surface area contributed by atoms with Gasteiger partial charge in [-0.2, -0.15) is 0 Å². The monoisotopic (exact) mass is 379 g/mol. The van der Waals surface area contributed by atoms with Crippen LogP contribution in [0.1, 0.15) is 59.2 Å². The molecule has 148 valence electrons. The Hall–Kier alpha value is -2.62. The molecule has 4 heteroatoms. The molecule has 1 unspecified atom stereocenters. The number of amides is 1. The van der Waals surface area contributed by atoms with Crippen LogP contribution in [0.15, 0.2) is 48.5 Å². The number of benzene rings is 2. The number of carbonyl (C=O) groups excluding carboxylic acids is 1. The number of carbonyl (C=O) groups is 2. The maximum absolute atomic E-state index is 12.7. The highest BCUT2D eigenvalue weighted by molar-refractivity contribution is 5.89. The van der Waals surface area contributed by atoms with Crippen molar-refractivity contribution in [1.29, 1.82) is 0 Å². The second-order valence-corrected chi connectivity index (χ2v) is 7.95. The number of aryl methyl sites for hydroxylation is 1. The molecule has 1 saturated heterocycles. The van der Waals surface area contributed by atoms with Gasteiger partial charge in [0, 0.05) is 19.5 Å². The maximum atomic E-state index is 12.7. The molecule has 28 heavy (non-hydrogen) atoms. The fourth-order valence-corrected chi connectivity index (χ4v) is 4.25. The van der Waals surface area contributed by atoms with Crippen molar-refractivity contribution in [2.24, 2.45) is 5.92 Å². The number of rotatable bonds is 6. The van der Waals surface area contributed by atoms with E-state index in [4.69, 9.17) is 0 Å². The Kier molecular flexibility index (Phi) is 6.50. The quantitative estimate of drug-likeness (QED) is 0.794. The smallest absolute Gasteiger partial charge is 0.335 e. The summed E-state index contributed by atoms with van der Waals surface area (Å²) in [5.74, 6) is 0.000698. The number of piperidine rings is 1. The lowest BCUT2D eigenvalue weighted by molar-refractivity contribution is -0.132. The van der Waals surface area contributed by atoms with Crippen LogP contribution in [0.4, 0.5) is 0 Å². The van der Waals surface area contributed by atoms with E-state index < -0.39 is 5.97 Å². The molecule has 2 aromatic rings.